The van der Waals surface area contributed by atoms with Crippen molar-refractivity contribution in [1.29, 1.82) is 0 Å². The Labute approximate surface area is 85.9 Å². The van der Waals surface area contributed by atoms with Crippen LogP contribution in [0.4, 0.5) is 0 Å². The molecule has 14 heavy (non-hydrogen) atoms. The molecule has 1 nitrogen and oxygen atoms in total. The van der Waals surface area contributed by atoms with Gasteiger partial charge in [0.15, 0.2) is 0 Å². The third-order valence-corrected chi connectivity index (χ3v) is 2.67. The Kier molecular flexibility index (Phi) is 2.67. The van der Waals surface area contributed by atoms with Crippen LogP contribution in [0.3, 0.4) is 0 Å². The summed E-state index contributed by atoms with van der Waals surface area (Å²) in [7, 11) is 0. The van der Waals surface area contributed by atoms with Gasteiger partial charge in [-0.3, -0.25) is 4.99 Å². The maximum absolute atomic E-state index is 4.52. The van der Waals surface area contributed by atoms with Crippen LogP contribution in [-0.4, -0.2) is 5.71 Å². The van der Waals surface area contributed by atoms with Gasteiger partial charge in [-0.15, -0.1) is 0 Å². The van der Waals surface area contributed by atoms with Crippen LogP contribution in [0, 0.1) is 11.8 Å². The summed E-state index contributed by atoms with van der Waals surface area (Å²) in [5.74, 6) is 1.30. The average molecular weight is 187 g/mol. The Bertz CT molecular complexity index is 329. The lowest BCUT2D eigenvalue weighted by Crippen LogP contribution is -2.15. The molecule has 0 aromatic rings. The van der Waals surface area contributed by atoms with E-state index < -0.39 is 0 Å². The maximum Gasteiger partial charge on any atom is 0.0305 e. The second-order valence-corrected chi connectivity index (χ2v) is 4.48. The Morgan fingerprint density at radius 1 is 1.43 bits per heavy atom. The molecule has 0 radical (unpaired) electrons. The normalized spacial score (nSPS) is 24.6. The zero-order chi connectivity index (χ0) is 9.97. The minimum absolute atomic E-state index is 0.589. The molecule has 0 aromatic heterocycles. The number of fused-ring (bicyclic) bond motifs is 1. The van der Waals surface area contributed by atoms with Crippen LogP contribution >= 0.6 is 0 Å². The van der Waals surface area contributed by atoms with E-state index in [2.05, 4.69) is 43.1 Å². The molecule has 0 N–H and O–H groups in total. The number of allylic oxidation sites excluding steroid dienone is 5. The Balaban J connectivity index is 2.11. The monoisotopic (exact) mass is 187 g/mol. The van der Waals surface area contributed by atoms with E-state index >= 15 is 0 Å². The highest BCUT2D eigenvalue weighted by Gasteiger charge is 2.18. The van der Waals surface area contributed by atoms with Crippen LogP contribution < -0.4 is 0 Å². The second kappa shape index (κ2) is 3.95. The topological polar surface area (TPSA) is 12.4 Å². The molecule has 1 heterocycles. The van der Waals surface area contributed by atoms with Crippen LogP contribution in [-0.2, 0) is 0 Å². The summed E-state index contributed by atoms with van der Waals surface area (Å²) < 4.78 is 0. The van der Waals surface area contributed by atoms with Gasteiger partial charge in [-0.05, 0) is 24.3 Å². The molecule has 1 atom stereocenters. The van der Waals surface area contributed by atoms with Gasteiger partial charge in [0.25, 0.3) is 0 Å². The highest BCUT2D eigenvalue weighted by Crippen LogP contribution is 2.27. The molecule has 0 spiro atoms. The first-order valence-electron chi connectivity index (χ1n) is 5.36. The van der Waals surface area contributed by atoms with Gasteiger partial charge >= 0.3 is 0 Å². The van der Waals surface area contributed by atoms with Crippen molar-refractivity contribution in [3.05, 3.63) is 36.1 Å². The molecular weight excluding hydrogens is 170 g/mol. The van der Waals surface area contributed by atoms with E-state index in [0.717, 1.165) is 12.8 Å². The molecule has 74 valence electrons. The highest BCUT2D eigenvalue weighted by molar-refractivity contribution is 5.87. The summed E-state index contributed by atoms with van der Waals surface area (Å²) >= 11 is 0. The quantitative estimate of drug-likeness (QED) is 0.627. The van der Waals surface area contributed by atoms with Gasteiger partial charge in [-0.1, -0.05) is 38.2 Å². The lowest BCUT2D eigenvalue weighted by Gasteiger charge is -2.22. The lowest BCUT2D eigenvalue weighted by atomic mass is 9.86. The summed E-state index contributed by atoms with van der Waals surface area (Å²) in [5, 5.41) is 0. The number of hydrogen-bond donors (Lipinski definition) is 0. The third-order valence-electron chi connectivity index (χ3n) is 2.67. The van der Waals surface area contributed by atoms with Crippen LogP contribution in [0.25, 0.3) is 0 Å². The van der Waals surface area contributed by atoms with Gasteiger partial charge in [0, 0.05) is 17.8 Å². The number of rotatable bonds is 2. The standard InChI is InChI=1S/C13H17N/c1-10(2)7-13-8-11-5-3-4-6-12(11)9-14-13/h3-6,9-11H,7-8H2,1-2H3. The zero-order valence-corrected chi connectivity index (χ0v) is 8.90. The van der Waals surface area contributed by atoms with Crippen molar-refractivity contribution in [2.45, 2.75) is 26.7 Å². The fourth-order valence-corrected chi connectivity index (χ4v) is 2.00. The first kappa shape index (κ1) is 9.45. The highest BCUT2D eigenvalue weighted by atomic mass is 14.7. The molecule has 1 unspecified atom stereocenters. The molecule has 2 aliphatic rings. The van der Waals surface area contributed by atoms with Gasteiger partial charge in [0.1, 0.15) is 0 Å². The van der Waals surface area contributed by atoms with E-state index in [1.165, 1.54) is 11.3 Å². The first-order valence-corrected chi connectivity index (χ1v) is 5.36. The minimum atomic E-state index is 0.589. The molecular formula is C13H17N. The Hall–Kier alpha value is -1.11. The lowest BCUT2D eigenvalue weighted by molar-refractivity contribution is 0.661. The average Bonchev–Trinajstić information content (AvgIpc) is 2.17. The van der Waals surface area contributed by atoms with Crippen molar-refractivity contribution in [3.8, 4) is 0 Å². The van der Waals surface area contributed by atoms with Crippen molar-refractivity contribution in [2.75, 3.05) is 0 Å². The molecule has 1 aliphatic heterocycles. The van der Waals surface area contributed by atoms with E-state index in [9.17, 15) is 0 Å². The SMILES string of the molecule is CC(C)CC1=NC=C2C=CC=CC2C1. The zero-order valence-electron chi connectivity index (χ0n) is 8.90. The predicted octanol–water partition coefficient (Wildman–Crippen LogP) is 3.50. The minimum Gasteiger partial charge on any atom is -0.265 e. The Morgan fingerprint density at radius 3 is 3.07 bits per heavy atom. The van der Waals surface area contributed by atoms with Gasteiger partial charge in [0.05, 0.1) is 0 Å². The fourth-order valence-electron chi connectivity index (χ4n) is 2.00. The van der Waals surface area contributed by atoms with Gasteiger partial charge in [-0.25, -0.2) is 0 Å². The van der Waals surface area contributed by atoms with Gasteiger partial charge < -0.3 is 0 Å². The van der Waals surface area contributed by atoms with Crippen molar-refractivity contribution in [3.63, 3.8) is 0 Å². The Morgan fingerprint density at radius 2 is 2.29 bits per heavy atom. The summed E-state index contributed by atoms with van der Waals surface area (Å²) in [6.45, 7) is 4.50. The van der Waals surface area contributed by atoms with Crippen molar-refractivity contribution >= 4 is 5.71 Å². The number of nitrogens with zero attached hydrogens (tertiary/aromatic N) is 1. The summed E-state index contributed by atoms with van der Waals surface area (Å²) in [6, 6.07) is 0. The summed E-state index contributed by atoms with van der Waals surface area (Å²) in [6.07, 6.45) is 13.0. The third kappa shape index (κ3) is 2.03. The van der Waals surface area contributed by atoms with Crippen LogP contribution in [0.1, 0.15) is 26.7 Å². The molecule has 0 fully saturated rings. The molecule has 0 amide bonds. The summed E-state index contributed by atoms with van der Waals surface area (Å²) in [4.78, 5) is 4.52. The first-order chi connectivity index (χ1) is 6.75. The molecule has 0 saturated carbocycles. The fraction of sp³-hybridized carbons (Fsp3) is 0.462. The molecule has 1 heteroatoms. The largest absolute Gasteiger partial charge is 0.265 e. The predicted molar refractivity (Wildman–Crippen MR) is 61.4 cm³/mol. The maximum atomic E-state index is 4.52. The van der Waals surface area contributed by atoms with E-state index in [1.54, 1.807) is 0 Å². The van der Waals surface area contributed by atoms with Crippen LogP contribution in [0.15, 0.2) is 41.1 Å². The van der Waals surface area contributed by atoms with Crippen molar-refractivity contribution < 1.29 is 0 Å². The van der Waals surface area contributed by atoms with E-state index in [4.69, 9.17) is 0 Å². The van der Waals surface area contributed by atoms with E-state index in [1.807, 2.05) is 6.20 Å². The smallest absolute Gasteiger partial charge is 0.0305 e. The molecule has 1 aliphatic carbocycles. The van der Waals surface area contributed by atoms with Crippen molar-refractivity contribution in [1.82, 2.24) is 0 Å². The molecule has 2 rings (SSSR count). The van der Waals surface area contributed by atoms with E-state index in [-0.39, 0.29) is 0 Å². The molecule has 0 aromatic carbocycles. The number of aliphatic imine (C=N–C) groups is 1. The second-order valence-electron chi connectivity index (χ2n) is 4.48. The van der Waals surface area contributed by atoms with Gasteiger partial charge in [-0.2, -0.15) is 0 Å². The van der Waals surface area contributed by atoms with E-state index in [0.29, 0.717) is 11.8 Å². The number of hydrogen-bond acceptors (Lipinski definition) is 1. The van der Waals surface area contributed by atoms with Crippen LogP contribution in [0.2, 0.25) is 0 Å². The van der Waals surface area contributed by atoms with Crippen molar-refractivity contribution in [2.24, 2.45) is 16.8 Å². The van der Waals surface area contributed by atoms with Gasteiger partial charge in [0.2, 0.25) is 0 Å². The molecule has 0 bridgehead atoms. The van der Waals surface area contributed by atoms with Crippen LogP contribution in [0.5, 0.6) is 0 Å². The molecule has 0 saturated heterocycles. The summed E-state index contributed by atoms with van der Waals surface area (Å²) in [5.41, 5.74) is 2.72.